The minimum atomic E-state index is -0.549. The highest BCUT2D eigenvalue weighted by Crippen LogP contribution is 2.33. The van der Waals surface area contributed by atoms with Gasteiger partial charge >= 0.3 is 6.09 Å². The summed E-state index contributed by atoms with van der Waals surface area (Å²) in [5, 5.41) is 6.70. The van der Waals surface area contributed by atoms with Crippen molar-refractivity contribution in [1.82, 2.24) is 0 Å². The molecule has 0 radical (unpaired) electrons. The van der Waals surface area contributed by atoms with Gasteiger partial charge in [-0.2, -0.15) is 0 Å². The summed E-state index contributed by atoms with van der Waals surface area (Å²) < 4.78 is 11.1. The second-order valence-electron chi connectivity index (χ2n) is 8.01. The molecule has 6 nitrogen and oxygen atoms in total. The van der Waals surface area contributed by atoms with E-state index in [-0.39, 0.29) is 11.5 Å². The summed E-state index contributed by atoms with van der Waals surface area (Å²) in [7, 11) is 1.32. The van der Waals surface area contributed by atoms with Gasteiger partial charge in [-0.05, 0) is 44.5 Å². The van der Waals surface area contributed by atoms with E-state index in [0.717, 1.165) is 22.4 Å². The van der Waals surface area contributed by atoms with Gasteiger partial charge in [0.15, 0.2) is 5.43 Å². The molecule has 6 heteroatoms. The van der Waals surface area contributed by atoms with Gasteiger partial charge in [-0.1, -0.05) is 48.5 Å². The SMILES string of the molecule is COC(=O)Nc1ccccc1NC(C)c1cc(C)cc2c(=O)c(C)c(-c3ccccc3)oc12. The summed E-state index contributed by atoms with van der Waals surface area (Å²) in [5.74, 6) is 0.568. The van der Waals surface area contributed by atoms with Gasteiger partial charge in [0.05, 0.1) is 29.9 Å². The quantitative estimate of drug-likeness (QED) is 0.372. The maximum absolute atomic E-state index is 13.3. The summed E-state index contributed by atoms with van der Waals surface area (Å²) in [6, 6.07) is 20.7. The number of amides is 1. The number of hydrogen-bond acceptors (Lipinski definition) is 5. The Morgan fingerprint density at radius 2 is 1.64 bits per heavy atom. The van der Waals surface area contributed by atoms with E-state index >= 15 is 0 Å². The van der Waals surface area contributed by atoms with Crippen LogP contribution in [0.1, 0.15) is 29.7 Å². The number of para-hydroxylation sites is 2. The van der Waals surface area contributed by atoms with E-state index < -0.39 is 6.09 Å². The smallest absolute Gasteiger partial charge is 0.411 e. The lowest BCUT2D eigenvalue weighted by Gasteiger charge is -2.20. The molecule has 1 unspecified atom stereocenters. The molecule has 33 heavy (non-hydrogen) atoms. The van der Waals surface area contributed by atoms with Crippen molar-refractivity contribution >= 4 is 28.4 Å². The van der Waals surface area contributed by atoms with Crippen molar-refractivity contribution in [3.63, 3.8) is 0 Å². The first-order valence-corrected chi connectivity index (χ1v) is 10.7. The molecule has 0 aliphatic carbocycles. The van der Waals surface area contributed by atoms with Crippen LogP contribution >= 0.6 is 0 Å². The normalized spacial score (nSPS) is 11.8. The van der Waals surface area contributed by atoms with Crippen LogP contribution in [-0.2, 0) is 4.74 Å². The molecule has 0 fully saturated rings. The summed E-state index contributed by atoms with van der Waals surface area (Å²) in [4.78, 5) is 25.0. The van der Waals surface area contributed by atoms with Gasteiger partial charge in [-0.15, -0.1) is 0 Å². The first kappa shape index (κ1) is 22.1. The van der Waals surface area contributed by atoms with E-state index in [9.17, 15) is 9.59 Å². The van der Waals surface area contributed by atoms with Crippen LogP contribution in [0.25, 0.3) is 22.3 Å². The Morgan fingerprint density at radius 1 is 0.970 bits per heavy atom. The van der Waals surface area contributed by atoms with Crippen molar-refractivity contribution in [2.75, 3.05) is 17.7 Å². The van der Waals surface area contributed by atoms with Crippen molar-refractivity contribution in [2.45, 2.75) is 26.8 Å². The van der Waals surface area contributed by atoms with Crippen LogP contribution in [0.4, 0.5) is 16.2 Å². The standard InChI is InChI=1S/C27H26N2O4/c1-16-14-20(18(3)28-22-12-8-9-13-23(22)29-27(31)32-4)26-21(15-16)24(30)17(2)25(33-26)19-10-6-5-7-11-19/h5-15,18,28H,1-4H3,(H,29,31). The molecule has 4 aromatic rings. The molecular weight excluding hydrogens is 416 g/mol. The second-order valence-corrected chi connectivity index (χ2v) is 8.01. The predicted molar refractivity (Wildman–Crippen MR) is 132 cm³/mol. The largest absolute Gasteiger partial charge is 0.455 e. The van der Waals surface area contributed by atoms with Gasteiger partial charge in [0, 0.05) is 16.7 Å². The molecule has 2 N–H and O–H groups in total. The van der Waals surface area contributed by atoms with Crippen molar-refractivity contribution in [3.8, 4) is 11.3 Å². The van der Waals surface area contributed by atoms with Crippen molar-refractivity contribution in [1.29, 1.82) is 0 Å². The molecule has 3 aromatic carbocycles. The maximum Gasteiger partial charge on any atom is 0.411 e. The number of ether oxygens (including phenoxy) is 1. The summed E-state index contributed by atoms with van der Waals surface area (Å²) in [5.41, 5.74) is 5.08. The molecule has 168 valence electrons. The van der Waals surface area contributed by atoms with Crippen LogP contribution < -0.4 is 16.1 Å². The van der Waals surface area contributed by atoms with Gasteiger partial charge in [0.2, 0.25) is 0 Å². The fourth-order valence-corrected chi connectivity index (χ4v) is 3.94. The number of methoxy groups -OCH3 is 1. The van der Waals surface area contributed by atoms with E-state index in [1.165, 1.54) is 7.11 Å². The summed E-state index contributed by atoms with van der Waals surface area (Å²) >= 11 is 0. The molecule has 0 aliphatic rings. The lowest BCUT2D eigenvalue weighted by molar-refractivity contribution is 0.187. The topological polar surface area (TPSA) is 80.6 Å². The lowest BCUT2D eigenvalue weighted by atomic mass is 9.98. The zero-order chi connectivity index (χ0) is 23.5. The first-order chi connectivity index (χ1) is 15.9. The van der Waals surface area contributed by atoms with E-state index in [1.54, 1.807) is 13.0 Å². The third-order valence-corrected chi connectivity index (χ3v) is 5.62. The number of aryl methyl sites for hydroxylation is 1. The second kappa shape index (κ2) is 9.20. The molecule has 1 heterocycles. The van der Waals surface area contributed by atoms with E-state index in [2.05, 4.69) is 10.6 Å². The molecule has 0 bridgehead atoms. The number of carbonyl (C=O) groups excluding carboxylic acids is 1. The first-order valence-electron chi connectivity index (χ1n) is 10.7. The highest BCUT2D eigenvalue weighted by atomic mass is 16.5. The van der Waals surface area contributed by atoms with Crippen molar-refractivity contribution in [2.24, 2.45) is 0 Å². The number of benzene rings is 3. The molecule has 0 aliphatic heterocycles. The van der Waals surface area contributed by atoms with Crippen LogP contribution in [0.5, 0.6) is 0 Å². The number of anilines is 2. The Balaban J connectivity index is 1.82. The Labute approximate surface area is 192 Å². The molecular formula is C27H26N2O4. The maximum atomic E-state index is 13.3. The molecule has 1 amide bonds. The number of nitrogens with one attached hydrogen (secondary N) is 2. The monoisotopic (exact) mass is 442 g/mol. The summed E-state index contributed by atoms with van der Waals surface area (Å²) in [6.07, 6.45) is -0.549. The van der Waals surface area contributed by atoms with Crippen LogP contribution in [0.15, 0.2) is 75.9 Å². The minimum absolute atomic E-state index is 0.0417. The number of carbonyl (C=O) groups is 1. The van der Waals surface area contributed by atoms with Crippen molar-refractivity contribution < 1.29 is 13.9 Å². The van der Waals surface area contributed by atoms with Gasteiger partial charge in [0.25, 0.3) is 0 Å². The third-order valence-electron chi connectivity index (χ3n) is 5.62. The molecule has 0 spiro atoms. The molecule has 0 saturated carbocycles. The fraction of sp³-hybridized carbons (Fsp3) is 0.185. The predicted octanol–water partition coefficient (Wildman–Crippen LogP) is 6.43. The van der Waals surface area contributed by atoms with Crippen LogP contribution in [0, 0.1) is 13.8 Å². The van der Waals surface area contributed by atoms with E-state index in [4.69, 9.17) is 9.15 Å². The third kappa shape index (κ3) is 4.46. The zero-order valence-corrected chi connectivity index (χ0v) is 19.1. The van der Waals surface area contributed by atoms with E-state index in [1.807, 2.05) is 74.5 Å². The average Bonchev–Trinajstić information content (AvgIpc) is 2.82. The Morgan fingerprint density at radius 3 is 2.33 bits per heavy atom. The Bertz CT molecular complexity index is 1380. The average molecular weight is 443 g/mol. The van der Waals surface area contributed by atoms with Crippen LogP contribution in [0.2, 0.25) is 0 Å². The van der Waals surface area contributed by atoms with Crippen molar-refractivity contribution in [3.05, 3.63) is 93.6 Å². The zero-order valence-electron chi connectivity index (χ0n) is 19.1. The van der Waals surface area contributed by atoms with Gasteiger partial charge in [-0.3, -0.25) is 10.1 Å². The van der Waals surface area contributed by atoms with E-state index in [0.29, 0.717) is 28.0 Å². The highest BCUT2D eigenvalue weighted by molar-refractivity contribution is 5.90. The lowest BCUT2D eigenvalue weighted by Crippen LogP contribution is -2.15. The number of fused-ring (bicyclic) bond motifs is 1. The minimum Gasteiger partial charge on any atom is -0.455 e. The van der Waals surface area contributed by atoms with Gasteiger partial charge in [-0.25, -0.2) is 4.79 Å². The Kier molecular flexibility index (Phi) is 6.18. The van der Waals surface area contributed by atoms with Gasteiger partial charge < -0.3 is 14.5 Å². The highest BCUT2D eigenvalue weighted by Gasteiger charge is 2.19. The molecule has 1 atom stereocenters. The number of hydrogen-bond donors (Lipinski definition) is 2. The fourth-order valence-electron chi connectivity index (χ4n) is 3.94. The van der Waals surface area contributed by atoms with Gasteiger partial charge in [0.1, 0.15) is 11.3 Å². The molecule has 4 rings (SSSR count). The number of rotatable bonds is 5. The summed E-state index contributed by atoms with van der Waals surface area (Å²) in [6.45, 7) is 5.75. The molecule has 0 saturated heterocycles. The molecule has 1 aromatic heterocycles. The van der Waals surface area contributed by atoms with Crippen LogP contribution in [0.3, 0.4) is 0 Å². The Hall–Kier alpha value is -4.06. The van der Waals surface area contributed by atoms with Crippen LogP contribution in [-0.4, -0.2) is 13.2 Å².